The Morgan fingerprint density at radius 1 is 0.741 bits per heavy atom. The summed E-state index contributed by atoms with van der Waals surface area (Å²) in [6.45, 7) is 7.82. The predicted molar refractivity (Wildman–Crippen MR) is 101 cm³/mol. The van der Waals surface area contributed by atoms with Crippen molar-refractivity contribution in [1.29, 1.82) is 0 Å². The lowest BCUT2D eigenvalue weighted by molar-refractivity contribution is -0.128. The van der Waals surface area contributed by atoms with Gasteiger partial charge in [-0.15, -0.1) is 0 Å². The fourth-order valence-corrected chi connectivity index (χ4v) is 4.92. The van der Waals surface area contributed by atoms with Gasteiger partial charge in [-0.3, -0.25) is 9.59 Å². The minimum Gasteiger partial charge on any atom is -0.371 e. The molecule has 2 heterocycles. The van der Waals surface area contributed by atoms with Crippen LogP contribution in [0.4, 0.5) is 0 Å². The highest BCUT2D eigenvalue weighted by Gasteiger charge is 2.49. The molecule has 0 bridgehead atoms. The normalized spacial score (nSPS) is 39.1. The number of hydrogen-bond donors (Lipinski definition) is 2. The van der Waals surface area contributed by atoms with E-state index in [1.54, 1.807) is 0 Å². The van der Waals surface area contributed by atoms with Crippen molar-refractivity contribution >= 4 is 11.8 Å². The standard InChI is InChI=1S/C21H34N2O4/c1-21(2,3)14-8-6-13(7-9-14)20(25)23-16-11-27-17-15(10-26-18(16)17)22-19(24)12-4-5-12/h12-18H,4-11H2,1-3H3,(H,22,24)(H,23,25). The van der Waals surface area contributed by atoms with Crippen molar-refractivity contribution in [3.05, 3.63) is 0 Å². The maximum atomic E-state index is 12.8. The Hall–Kier alpha value is -1.14. The van der Waals surface area contributed by atoms with E-state index in [-0.39, 0.29) is 47.9 Å². The zero-order valence-electron chi connectivity index (χ0n) is 16.8. The van der Waals surface area contributed by atoms with Crippen LogP contribution in [0.25, 0.3) is 0 Å². The molecule has 2 aliphatic carbocycles. The number of carbonyl (C=O) groups is 2. The van der Waals surface area contributed by atoms with Crippen LogP contribution in [0.3, 0.4) is 0 Å². The average molecular weight is 379 g/mol. The summed E-state index contributed by atoms with van der Waals surface area (Å²) in [5, 5.41) is 6.25. The molecule has 0 aromatic heterocycles. The van der Waals surface area contributed by atoms with Crippen molar-refractivity contribution in [3.8, 4) is 0 Å². The first-order chi connectivity index (χ1) is 12.8. The Morgan fingerprint density at radius 2 is 1.15 bits per heavy atom. The Morgan fingerprint density at radius 3 is 1.52 bits per heavy atom. The molecular formula is C21H34N2O4. The van der Waals surface area contributed by atoms with E-state index in [1.165, 1.54) is 0 Å². The molecule has 6 heteroatoms. The van der Waals surface area contributed by atoms with Gasteiger partial charge < -0.3 is 20.1 Å². The molecule has 2 N–H and O–H groups in total. The number of fused-ring (bicyclic) bond motifs is 1. The minimum atomic E-state index is -0.149. The van der Waals surface area contributed by atoms with E-state index in [1.807, 2.05) is 0 Å². The summed E-state index contributed by atoms with van der Waals surface area (Å²) in [5.41, 5.74) is 0.325. The van der Waals surface area contributed by atoms with Crippen LogP contribution in [0.15, 0.2) is 0 Å². The summed E-state index contributed by atoms with van der Waals surface area (Å²) in [4.78, 5) is 24.8. The molecule has 2 amide bonds. The van der Waals surface area contributed by atoms with E-state index in [0.29, 0.717) is 24.5 Å². The molecule has 152 valence electrons. The van der Waals surface area contributed by atoms with Gasteiger partial charge in [0.25, 0.3) is 0 Å². The van der Waals surface area contributed by atoms with E-state index in [9.17, 15) is 9.59 Å². The van der Waals surface area contributed by atoms with Gasteiger partial charge in [-0.2, -0.15) is 0 Å². The first-order valence-corrected chi connectivity index (χ1v) is 10.7. The maximum Gasteiger partial charge on any atom is 0.223 e. The molecule has 4 rings (SSSR count). The highest BCUT2D eigenvalue weighted by atomic mass is 16.6. The molecule has 0 spiro atoms. The van der Waals surface area contributed by atoms with Gasteiger partial charge in [0.1, 0.15) is 12.2 Å². The van der Waals surface area contributed by atoms with E-state index in [0.717, 1.165) is 38.5 Å². The number of carbonyl (C=O) groups excluding carboxylic acids is 2. The van der Waals surface area contributed by atoms with E-state index >= 15 is 0 Å². The fraction of sp³-hybridized carbons (Fsp3) is 0.905. The number of ether oxygens (including phenoxy) is 2. The SMILES string of the molecule is CC(C)(C)C1CCC(C(=O)NC2COC3C(NC(=O)C4CC4)COC23)CC1. The van der Waals surface area contributed by atoms with Crippen LogP contribution < -0.4 is 10.6 Å². The smallest absolute Gasteiger partial charge is 0.223 e. The topological polar surface area (TPSA) is 76.7 Å². The number of hydrogen-bond acceptors (Lipinski definition) is 4. The van der Waals surface area contributed by atoms with Crippen LogP contribution >= 0.6 is 0 Å². The quantitative estimate of drug-likeness (QED) is 0.785. The van der Waals surface area contributed by atoms with E-state index in [4.69, 9.17) is 9.47 Å². The lowest BCUT2D eigenvalue weighted by atomic mass is 9.69. The lowest BCUT2D eigenvalue weighted by Crippen LogP contribution is -2.48. The van der Waals surface area contributed by atoms with Crippen molar-refractivity contribution in [2.24, 2.45) is 23.2 Å². The summed E-state index contributed by atoms with van der Waals surface area (Å²) in [7, 11) is 0. The van der Waals surface area contributed by atoms with Crippen molar-refractivity contribution in [3.63, 3.8) is 0 Å². The van der Waals surface area contributed by atoms with Crippen LogP contribution in [0.1, 0.15) is 59.3 Å². The summed E-state index contributed by atoms with van der Waals surface area (Å²) in [6, 6.07) is -0.196. The zero-order valence-corrected chi connectivity index (χ0v) is 16.8. The molecule has 4 aliphatic rings. The number of amides is 2. The lowest BCUT2D eigenvalue weighted by Gasteiger charge is -2.36. The molecule has 4 fully saturated rings. The number of rotatable bonds is 4. The Kier molecular flexibility index (Phi) is 5.23. The third-order valence-corrected chi connectivity index (χ3v) is 6.98. The Bertz CT molecular complexity index is 575. The molecule has 2 saturated heterocycles. The molecule has 2 aliphatic heterocycles. The van der Waals surface area contributed by atoms with Crippen molar-refractivity contribution < 1.29 is 19.1 Å². The minimum absolute atomic E-state index is 0.0905. The molecule has 27 heavy (non-hydrogen) atoms. The van der Waals surface area contributed by atoms with Crippen LogP contribution in [0.2, 0.25) is 0 Å². The summed E-state index contributed by atoms with van der Waals surface area (Å²) < 4.78 is 11.8. The largest absolute Gasteiger partial charge is 0.371 e. The maximum absolute atomic E-state index is 12.8. The van der Waals surface area contributed by atoms with Crippen molar-refractivity contribution in [1.82, 2.24) is 10.6 Å². The third kappa shape index (κ3) is 4.16. The third-order valence-electron chi connectivity index (χ3n) is 6.98. The van der Waals surface area contributed by atoms with Gasteiger partial charge in [-0.1, -0.05) is 20.8 Å². The summed E-state index contributed by atoms with van der Waals surface area (Å²) in [5.74, 6) is 1.26. The molecular weight excluding hydrogens is 344 g/mol. The summed E-state index contributed by atoms with van der Waals surface area (Å²) >= 11 is 0. The molecule has 0 aromatic rings. The van der Waals surface area contributed by atoms with Crippen LogP contribution in [-0.4, -0.2) is 49.3 Å². The second-order valence-corrected chi connectivity index (χ2v) is 10.0. The molecule has 0 radical (unpaired) electrons. The van der Waals surface area contributed by atoms with Gasteiger partial charge in [-0.05, 0) is 49.9 Å². The fourth-order valence-electron chi connectivity index (χ4n) is 4.92. The van der Waals surface area contributed by atoms with Gasteiger partial charge in [0.15, 0.2) is 0 Å². The average Bonchev–Trinajstić information content (AvgIpc) is 3.30. The molecule has 2 saturated carbocycles. The molecule has 6 nitrogen and oxygen atoms in total. The van der Waals surface area contributed by atoms with Crippen molar-refractivity contribution in [2.45, 2.75) is 83.6 Å². The molecule has 4 atom stereocenters. The Labute approximate surface area is 162 Å². The zero-order chi connectivity index (χ0) is 19.2. The predicted octanol–water partition coefficient (Wildman–Crippen LogP) is 2.02. The van der Waals surface area contributed by atoms with E-state index < -0.39 is 0 Å². The molecule has 0 aromatic carbocycles. The van der Waals surface area contributed by atoms with Crippen LogP contribution in [0.5, 0.6) is 0 Å². The second kappa shape index (κ2) is 7.36. The van der Waals surface area contributed by atoms with Gasteiger partial charge in [-0.25, -0.2) is 0 Å². The monoisotopic (exact) mass is 378 g/mol. The molecule has 4 unspecified atom stereocenters. The number of nitrogens with one attached hydrogen (secondary N) is 2. The second-order valence-electron chi connectivity index (χ2n) is 10.0. The van der Waals surface area contributed by atoms with Crippen LogP contribution in [-0.2, 0) is 19.1 Å². The van der Waals surface area contributed by atoms with Crippen molar-refractivity contribution in [2.75, 3.05) is 13.2 Å². The van der Waals surface area contributed by atoms with Gasteiger partial charge >= 0.3 is 0 Å². The Balaban J connectivity index is 1.26. The highest BCUT2D eigenvalue weighted by molar-refractivity contribution is 5.81. The van der Waals surface area contributed by atoms with Gasteiger partial charge in [0, 0.05) is 11.8 Å². The summed E-state index contributed by atoms with van der Waals surface area (Å²) in [6.07, 6.45) is 5.88. The van der Waals surface area contributed by atoms with E-state index in [2.05, 4.69) is 31.4 Å². The van der Waals surface area contributed by atoms with Crippen LogP contribution in [0, 0.1) is 23.2 Å². The van der Waals surface area contributed by atoms with Gasteiger partial charge in [0.05, 0.1) is 25.3 Å². The first kappa shape index (κ1) is 19.2. The van der Waals surface area contributed by atoms with Gasteiger partial charge in [0.2, 0.25) is 11.8 Å². The highest BCUT2D eigenvalue weighted by Crippen LogP contribution is 2.40. The first-order valence-electron chi connectivity index (χ1n) is 10.7.